The third-order valence-corrected chi connectivity index (χ3v) is 22.3. The SMILES string of the molecule is COC(=O)N[C@H]1[C@@H](C)O[C@@H](O[C@H]2C/C=C(\C)[C@@H]3C=C[C@@H]4[C@@H](O[C@H]5C[C@@H](O[C@H]6C[C@@H](O[C@H]7C[C@@H](O)[C@@H](O)[C@H](C)O7)[C@@H](O[C@@H]7C[C@@H](O)[C@@H](OC)[C@H](C)O7)[C@H](C)O6)[C@@H](O)[C@H](C)O5)[C@@H](C)C[C@H](C)[C@H]4[C@]3(C)/C(O)=C3/C(=O)O[C@]4(C[C@@H](C)C(CO)=C[C@H]4/C=C/2C)C3=O)C[C@]1(C)[N+](=O)[O-]. The minimum Gasteiger partial charge on any atom is -0.511 e. The lowest BCUT2D eigenvalue weighted by Crippen LogP contribution is -2.65. The molecule has 6 heterocycles. The average molecular weight is 1320 g/mol. The number of nitrogens with one attached hydrogen (secondary N) is 1. The fraction of sp³-hybridized carbons (Fsp3) is 0.806. The molecule has 4 aliphatic carbocycles. The number of aliphatic hydroxyl groups is 6. The lowest BCUT2D eigenvalue weighted by atomic mass is 9.49. The number of hydrogen-bond donors (Lipinski definition) is 7. The van der Waals surface area contributed by atoms with Gasteiger partial charge in [-0.3, -0.25) is 14.9 Å². The van der Waals surface area contributed by atoms with Crippen molar-refractivity contribution in [3.8, 4) is 0 Å². The van der Waals surface area contributed by atoms with Gasteiger partial charge in [0.15, 0.2) is 37.1 Å². The number of allylic oxidation sites excluding steroid dienone is 3. The molecule has 10 aliphatic rings. The Hall–Kier alpha value is -4.33. The average Bonchev–Trinajstić information content (AvgIpc) is 1.70. The minimum atomic E-state index is -1.84. The Morgan fingerprint density at radius 3 is 1.92 bits per heavy atom. The van der Waals surface area contributed by atoms with Gasteiger partial charge in [-0.25, -0.2) is 9.59 Å². The van der Waals surface area contributed by atoms with E-state index in [0.717, 1.165) is 12.7 Å². The van der Waals surface area contributed by atoms with Crippen LogP contribution in [0.5, 0.6) is 0 Å². The van der Waals surface area contributed by atoms with E-state index in [-0.39, 0.29) is 63.4 Å². The number of nitrogens with zero attached hydrogens (tertiary/aromatic N) is 1. The number of nitro groups is 1. The van der Waals surface area contributed by atoms with Crippen molar-refractivity contribution in [2.45, 2.75) is 275 Å². The molecule has 6 aliphatic heterocycles. The third-order valence-electron chi connectivity index (χ3n) is 22.3. The summed E-state index contributed by atoms with van der Waals surface area (Å²) in [5, 5.41) is 83.6. The number of esters is 1. The predicted molar refractivity (Wildman–Crippen MR) is 327 cm³/mol. The fourth-order valence-electron chi connectivity index (χ4n) is 17.2. The van der Waals surface area contributed by atoms with Crippen LogP contribution in [0.4, 0.5) is 4.79 Å². The molecule has 0 aromatic carbocycles. The number of carbonyl (C=O) groups is 3. The van der Waals surface area contributed by atoms with Crippen molar-refractivity contribution in [3.63, 3.8) is 0 Å². The Bertz CT molecular complexity index is 2880. The summed E-state index contributed by atoms with van der Waals surface area (Å²) >= 11 is 0. The van der Waals surface area contributed by atoms with E-state index < -0.39 is 209 Å². The van der Waals surface area contributed by atoms with Gasteiger partial charge in [-0.05, 0) is 96.1 Å². The first kappa shape index (κ1) is 71.4. The molecule has 26 heteroatoms. The quantitative estimate of drug-likeness (QED) is 0.0373. The van der Waals surface area contributed by atoms with E-state index in [1.54, 1.807) is 53.7 Å². The Balaban J connectivity index is 0.943. The Morgan fingerprint density at radius 2 is 1.28 bits per heavy atom. The summed E-state index contributed by atoms with van der Waals surface area (Å²) in [6.07, 6.45) is -8.05. The van der Waals surface area contributed by atoms with Crippen molar-refractivity contribution in [2.24, 2.45) is 46.8 Å². The van der Waals surface area contributed by atoms with E-state index in [9.17, 15) is 50.3 Å². The molecular weight excluding hydrogens is 1220 g/mol. The van der Waals surface area contributed by atoms with Crippen LogP contribution in [-0.4, -0.2) is 214 Å². The molecular formula is C67H100N2O24. The number of ether oxygens (including phenoxy) is 13. The monoisotopic (exact) mass is 1320 g/mol. The molecule has 1 saturated carbocycles. The summed E-state index contributed by atoms with van der Waals surface area (Å²) in [6.45, 7) is 21.2. The molecule has 10 rings (SSSR count). The van der Waals surface area contributed by atoms with Crippen LogP contribution in [0.1, 0.15) is 134 Å². The van der Waals surface area contributed by atoms with Crippen LogP contribution < -0.4 is 5.32 Å². The van der Waals surface area contributed by atoms with E-state index >= 15 is 4.79 Å². The predicted octanol–water partition coefficient (Wildman–Crippen LogP) is 5.45. The summed E-state index contributed by atoms with van der Waals surface area (Å²) in [4.78, 5) is 55.4. The van der Waals surface area contributed by atoms with Gasteiger partial charge in [-0.2, -0.15) is 0 Å². The van der Waals surface area contributed by atoms with Gasteiger partial charge in [0.25, 0.3) is 0 Å². The number of amides is 1. The van der Waals surface area contributed by atoms with Gasteiger partial charge in [0.2, 0.25) is 11.3 Å². The largest absolute Gasteiger partial charge is 0.511 e. The number of methoxy groups -OCH3 is 2. The van der Waals surface area contributed by atoms with Crippen molar-refractivity contribution in [3.05, 3.63) is 68.5 Å². The fourth-order valence-corrected chi connectivity index (χ4v) is 17.2. The molecule has 0 aromatic heterocycles. The molecule has 1 spiro atoms. The summed E-state index contributed by atoms with van der Waals surface area (Å²) in [6, 6.07) is -1.09. The van der Waals surface area contributed by atoms with Crippen molar-refractivity contribution in [2.75, 3.05) is 20.8 Å². The third kappa shape index (κ3) is 13.7. The topological polar surface area (TPSA) is 348 Å². The van der Waals surface area contributed by atoms with E-state index in [0.29, 0.717) is 17.6 Å². The smallest absolute Gasteiger partial charge is 0.407 e. The molecule has 0 radical (unpaired) electrons. The summed E-state index contributed by atoms with van der Waals surface area (Å²) in [7, 11) is 2.66. The highest BCUT2D eigenvalue weighted by atomic mass is 16.8. The van der Waals surface area contributed by atoms with E-state index in [2.05, 4.69) is 25.2 Å². The van der Waals surface area contributed by atoms with Crippen LogP contribution in [0.2, 0.25) is 0 Å². The molecule has 7 N–H and O–H groups in total. The number of fused-ring (bicyclic) bond motifs is 4. The molecule has 522 valence electrons. The first-order valence-corrected chi connectivity index (χ1v) is 33.2. The molecule has 0 aromatic rings. The number of hydrogen-bond acceptors (Lipinski definition) is 24. The van der Waals surface area contributed by atoms with Gasteiger partial charge in [-0.15, -0.1) is 0 Å². The minimum absolute atomic E-state index is 0.00999. The first-order valence-electron chi connectivity index (χ1n) is 33.2. The number of aliphatic hydroxyl groups excluding tert-OH is 6. The van der Waals surface area contributed by atoms with Crippen molar-refractivity contribution in [1.29, 1.82) is 0 Å². The van der Waals surface area contributed by atoms with Crippen molar-refractivity contribution >= 4 is 17.8 Å². The number of alkyl carbamates (subject to hydrolysis) is 1. The lowest BCUT2D eigenvalue weighted by molar-refractivity contribution is -0.584. The molecule has 26 nitrogen and oxygen atoms in total. The molecule has 93 heavy (non-hydrogen) atoms. The van der Waals surface area contributed by atoms with Crippen LogP contribution in [-0.2, 0) is 71.2 Å². The molecule has 2 bridgehead atoms. The number of ketones is 1. The zero-order chi connectivity index (χ0) is 67.7. The van der Waals surface area contributed by atoms with Crippen molar-refractivity contribution < 1.29 is 112 Å². The Kier molecular flexibility index (Phi) is 21.7. The number of carbonyl (C=O) groups excluding carboxylic acids is 3. The maximum Gasteiger partial charge on any atom is 0.407 e. The Morgan fingerprint density at radius 1 is 0.688 bits per heavy atom. The zero-order valence-corrected chi connectivity index (χ0v) is 55.9. The van der Waals surface area contributed by atoms with Gasteiger partial charge in [-0.1, -0.05) is 63.6 Å². The molecule has 1 amide bonds. The molecule has 31 atom stereocenters. The van der Waals surface area contributed by atoms with Gasteiger partial charge in [0, 0.05) is 74.2 Å². The highest BCUT2D eigenvalue weighted by Gasteiger charge is 2.64. The summed E-state index contributed by atoms with van der Waals surface area (Å²) < 4.78 is 82.0. The standard InChI is InChI=1S/C67H100N2O24/c1-29-15-18-45(88-52-27-65(11,69(79)80)60(38(10)87-52)68-64(78)82-14)30(2)20-40-21-39(28-70)33(5)26-67(40)62(76)53(63(77)93-67)61(75)66(12)42(29)17-16-41-54(66)31(3)19-32(4)57(41)91-51-24-46(56(74)35(7)84-51)89-50-25-47(90-48-22-43(71)55(73)34(6)83-48)59(37(9)86-50)92-49-23-44(72)58(81-13)36(8)85-49/h15-17,20-21,31-38,40-52,54-60,70-75H,18-19,22-28H2,1-14H3,(H,68,78)/b29-15+,30-20+,61-53-/t31-,32-,33+,34-,35-,36-,37-,38+,40+,41-,42-,43+,44+,45-,46+,47+,48-,49+,50-,51-,52-,54+,55-,56-,57-,58-,59-,60-,65-,66+,67-/m0/s1. The van der Waals surface area contributed by atoms with Crippen LogP contribution in [0.25, 0.3) is 0 Å². The van der Waals surface area contributed by atoms with Crippen LogP contribution >= 0.6 is 0 Å². The van der Waals surface area contributed by atoms with Crippen LogP contribution in [0, 0.1) is 57.0 Å². The second-order valence-electron chi connectivity index (χ2n) is 28.6. The first-order chi connectivity index (χ1) is 43.9. The normalized spacial score (nSPS) is 49.9. The lowest BCUT2D eigenvalue weighted by Gasteiger charge is -2.56. The molecule has 7 fully saturated rings. The van der Waals surface area contributed by atoms with Crippen LogP contribution in [0.15, 0.2) is 58.4 Å². The Labute approximate surface area is 543 Å². The highest BCUT2D eigenvalue weighted by molar-refractivity contribution is 6.26. The van der Waals surface area contributed by atoms with Gasteiger partial charge >= 0.3 is 12.1 Å². The molecule has 0 unspecified atom stereocenters. The maximum absolute atomic E-state index is 15.7. The second kappa shape index (κ2) is 28.3. The highest BCUT2D eigenvalue weighted by Crippen LogP contribution is 2.61. The van der Waals surface area contributed by atoms with E-state index in [4.69, 9.17) is 61.6 Å². The summed E-state index contributed by atoms with van der Waals surface area (Å²) in [5.74, 6) is -5.33. The number of rotatable bonds is 14. The van der Waals surface area contributed by atoms with E-state index in [1.165, 1.54) is 14.0 Å². The number of Topliss-reactive ketones (excluding diaryl/α,β-unsaturated/α-hetero) is 1. The zero-order valence-electron chi connectivity index (χ0n) is 55.9. The maximum atomic E-state index is 15.7. The van der Waals surface area contributed by atoms with E-state index in [1.807, 2.05) is 32.9 Å². The van der Waals surface area contributed by atoms with Crippen molar-refractivity contribution in [1.82, 2.24) is 5.32 Å². The second-order valence-corrected chi connectivity index (χ2v) is 28.6. The van der Waals surface area contributed by atoms with Gasteiger partial charge in [0.1, 0.15) is 41.8 Å². The van der Waals surface area contributed by atoms with Gasteiger partial charge < -0.3 is 97.5 Å². The summed E-state index contributed by atoms with van der Waals surface area (Å²) in [5.41, 5.74) is -3.49. The van der Waals surface area contributed by atoms with Gasteiger partial charge in [0.05, 0.1) is 87.3 Å². The van der Waals surface area contributed by atoms with Crippen LogP contribution in [0.3, 0.4) is 0 Å². The molecule has 6 saturated heterocycles.